The summed E-state index contributed by atoms with van der Waals surface area (Å²) in [5, 5.41) is 6.43. The van der Waals surface area contributed by atoms with Crippen molar-refractivity contribution in [2.45, 2.75) is 51.0 Å². The van der Waals surface area contributed by atoms with Crippen LogP contribution in [-0.4, -0.2) is 24.0 Å². The normalized spacial score (nSPS) is 17.1. The van der Waals surface area contributed by atoms with Crippen LogP contribution in [0.4, 0.5) is 5.82 Å². The molecule has 1 aliphatic carbocycles. The van der Waals surface area contributed by atoms with Gasteiger partial charge in [0.15, 0.2) is 0 Å². The summed E-state index contributed by atoms with van der Waals surface area (Å²) in [5.41, 5.74) is 0.494. The molecule has 1 aromatic heterocycles. The number of hydrogen-bond donors (Lipinski definition) is 2. The Kier molecular flexibility index (Phi) is 5.65. The number of nitrogens with one attached hydrogen (secondary N) is 2. The molecule has 0 aromatic carbocycles. The molecule has 0 unspecified atom stereocenters. The molecule has 1 fully saturated rings. The summed E-state index contributed by atoms with van der Waals surface area (Å²) >= 11 is 6.07. The van der Waals surface area contributed by atoms with Gasteiger partial charge >= 0.3 is 0 Å². The lowest BCUT2D eigenvalue weighted by Crippen LogP contribution is -2.35. The van der Waals surface area contributed by atoms with Crippen LogP contribution in [0.3, 0.4) is 0 Å². The number of hydrogen-bond acceptors (Lipinski definition) is 3. The standard InChI is InChI=1S/C15H22ClN3O/c1-17-14-9-12(13(16)10-18-14)15(20)19-11-7-5-3-2-4-6-8-11/h9-11H,2-8H2,1H3,(H,17,18)(H,19,20). The zero-order chi connectivity index (χ0) is 14.4. The fourth-order valence-corrected chi connectivity index (χ4v) is 2.80. The van der Waals surface area contributed by atoms with Crippen LogP contribution in [0.1, 0.15) is 55.3 Å². The molecule has 1 aliphatic rings. The number of carbonyl (C=O) groups excluding carboxylic acids is 1. The van der Waals surface area contributed by atoms with Crippen LogP contribution in [0.2, 0.25) is 5.02 Å². The van der Waals surface area contributed by atoms with E-state index in [4.69, 9.17) is 11.6 Å². The van der Waals surface area contributed by atoms with Crippen molar-refractivity contribution in [3.05, 3.63) is 22.8 Å². The third-order valence-electron chi connectivity index (χ3n) is 3.80. The molecule has 0 bridgehead atoms. The molecule has 1 amide bonds. The first-order chi connectivity index (χ1) is 9.70. The van der Waals surface area contributed by atoms with Crippen LogP contribution in [0, 0.1) is 0 Å². The molecular formula is C15H22ClN3O. The maximum Gasteiger partial charge on any atom is 0.253 e. The van der Waals surface area contributed by atoms with E-state index in [1.165, 1.54) is 38.3 Å². The number of carbonyl (C=O) groups is 1. The van der Waals surface area contributed by atoms with Crippen LogP contribution >= 0.6 is 11.6 Å². The Morgan fingerprint density at radius 1 is 1.25 bits per heavy atom. The molecule has 1 aromatic rings. The molecule has 1 saturated carbocycles. The fourth-order valence-electron chi connectivity index (χ4n) is 2.61. The lowest BCUT2D eigenvalue weighted by atomic mass is 9.96. The van der Waals surface area contributed by atoms with E-state index in [9.17, 15) is 4.79 Å². The third-order valence-corrected chi connectivity index (χ3v) is 4.10. The van der Waals surface area contributed by atoms with Gasteiger partial charge in [-0.3, -0.25) is 4.79 Å². The van der Waals surface area contributed by atoms with Gasteiger partial charge < -0.3 is 10.6 Å². The monoisotopic (exact) mass is 295 g/mol. The Bertz CT molecular complexity index is 456. The molecule has 0 radical (unpaired) electrons. The molecule has 0 spiro atoms. The van der Waals surface area contributed by atoms with Crippen LogP contribution < -0.4 is 10.6 Å². The molecular weight excluding hydrogens is 274 g/mol. The number of halogens is 1. The minimum atomic E-state index is -0.0977. The Labute approximate surface area is 125 Å². The predicted octanol–water partition coefficient (Wildman–Crippen LogP) is 3.62. The number of nitrogens with zero attached hydrogens (tertiary/aromatic N) is 1. The summed E-state index contributed by atoms with van der Waals surface area (Å²) in [5.74, 6) is 0.552. The zero-order valence-corrected chi connectivity index (χ0v) is 12.7. The van der Waals surface area contributed by atoms with Gasteiger partial charge in [0, 0.05) is 19.3 Å². The predicted molar refractivity (Wildman–Crippen MR) is 82.4 cm³/mol. The van der Waals surface area contributed by atoms with Crippen LogP contribution in [-0.2, 0) is 0 Å². The van der Waals surface area contributed by atoms with Crippen molar-refractivity contribution in [1.29, 1.82) is 0 Å². The first-order valence-corrected chi connectivity index (χ1v) is 7.72. The molecule has 1 heterocycles. The van der Waals surface area contributed by atoms with E-state index in [-0.39, 0.29) is 11.9 Å². The summed E-state index contributed by atoms with van der Waals surface area (Å²) in [7, 11) is 1.77. The third kappa shape index (κ3) is 4.10. The average molecular weight is 296 g/mol. The molecule has 2 rings (SSSR count). The summed E-state index contributed by atoms with van der Waals surface area (Å²) in [6.45, 7) is 0. The van der Waals surface area contributed by atoms with Crippen molar-refractivity contribution in [2.75, 3.05) is 12.4 Å². The Morgan fingerprint density at radius 2 is 1.90 bits per heavy atom. The van der Waals surface area contributed by atoms with Gasteiger partial charge in [-0.2, -0.15) is 0 Å². The number of pyridine rings is 1. The van der Waals surface area contributed by atoms with Crippen molar-refractivity contribution < 1.29 is 4.79 Å². The second-order valence-corrected chi connectivity index (χ2v) is 5.72. The molecule has 5 heteroatoms. The van der Waals surface area contributed by atoms with Gasteiger partial charge in [0.25, 0.3) is 5.91 Å². The topological polar surface area (TPSA) is 54.0 Å². The largest absolute Gasteiger partial charge is 0.373 e. The van der Waals surface area contributed by atoms with E-state index < -0.39 is 0 Å². The quantitative estimate of drug-likeness (QED) is 0.895. The second kappa shape index (κ2) is 7.48. The average Bonchev–Trinajstić information content (AvgIpc) is 2.42. The van der Waals surface area contributed by atoms with Crippen molar-refractivity contribution in [3.63, 3.8) is 0 Å². The van der Waals surface area contributed by atoms with E-state index in [0.29, 0.717) is 16.4 Å². The number of anilines is 1. The Hall–Kier alpha value is -1.29. The highest BCUT2D eigenvalue weighted by Crippen LogP contribution is 2.20. The van der Waals surface area contributed by atoms with E-state index in [1.807, 2.05) is 0 Å². The summed E-state index contributed by atoms with van der Waals surface area (Å²) < 4.78 is 0. The maximum absolute atomic E-state index is 12.3. The summed E-state index contributed by atoms with van der Waals surface area (Å²) in [4.78, 5) is 16.4. The number of aromatic nitrogens is 1. The van der Waals surface area contributed by atoms with Crippen molar-refractivity contribution in [3.8, 4) is 0 Å². The van der Waals surface area contributed by atoms with Crippen molar-refractivity contribution in [2.24, 2.45) is 0 Å². The smallest absolute Gasteiger partial charge is 0.253 e. The lowest BCUT2D eigenvalue weighted by Gasteiger charge is -2.21. The van der Waals surface area contributed by atoms with E-state index >= 15 is 0 Å². The molecule has 0 saturated heterocycles. The van der Waals surface area contributed by atoms with Crippen LogP contribution in [0.15, 0.2) is 12.3 Å². The van der Waals surface area contributed by atoms with Gasteiger partial charge in [-0.1, -0.05) is 43.7 Å². The first-order valence-electron chi connectivity index (χ1n) is 7.35. The van der Waals surface area contributed by atoms with Crippen LogP contribution in [0.5, 0.6) is 0 Å². The number of amides is 1. The molecule has 0 aliphatic heterocycles. The van der Waals surface area contributed by atoms with Crippen LogP contribution in [0.25, 0.3) is 0 Å². The molecule has 4 nitrogen and oxygen atoms in total. The van der Waals surface area contributed by atoms with E-state index in [0.717, 1.165) is 12.8 Å². The zero-order valence-electron chi connectivity index (χ0n) is 11.9. The molecule has 110 valence electrons. The number of rotatable bonds is 3. The maximum atomic E-state index is 12.3. The van der Waals surface area contributed by atoms with Crippen molar-refractivity contribution >= 4 is 23.3 Å². The van der Waals surface area contributed by atoms with Gasteiger partial charge in [0.1, 0.15) is 5.82 Å². The highest BCUT2D eigenvalue weighted by atomic mass is 35.5. The molecule has 0 atom stereocenters. The Balaban J connectivity index is 2.03. The van der Waals surface area contributed by atoms with E-state index in [1.54, 1.807) is 13.1 Å². The highest BCUT2D eigenvalue weighted by Gasteiger charge is 2.17. The fraction of sp³-hybridized carbons (Fsp3) is 0.600. The van der Waals surface area contributed by atoms with Gasteiger partial charge in [-0.15, -0.1) is 0 Å². The molecule has 20 heavy (non-hydrogen) atoms. The van der Waals surface area contributed by atoms with Crippen molar-refractivity contribution in [1.82, 2.24) is 10.3 Å². The Morgan fingerprint density at radius 3 is 2.55 bits per heavy atom. The van der Waals surface area contributed by atoms with Gasteiger partial charge in [0.05, 0.1) is 10.6 Å². The first kappa shape index (κ1) is 15.1. The summed E-state index contributed by atoms with van der Waals surface area (Å²) in [6.07, 6.45) is 9.88. The lowest BCUT2D eigenvalue weighted by molar-refractivity contribution is 0.0930. The van der Waals surface area contributed by atoms with Gasteiger partial charge in [-0.25, -0.2) is 4.98 Å². The minimum Gasteiger partial charge on any atom is -0.373 e. The van der Waals surface area contributed by atoms with Gasteiger partial charge in [0.2, 0.25) is 0 Å². The minimum absolute atomic E-state index is 0.0977. The SMILES string of the molecule is CNc1cc(C(=O)NC2CCCCCCC2)c(Cl)cn1. The molecule has 2 N–H and O–H groups in total. The second-order valence-electron chi connectivity index (χ2n) is 5.31. The van der Waals surface area contributed by atoms with E-state index in [2.05, 4.69) is 15.6 Å². The summed E-state index contributed by atoms with van der Waals surface area (Å²) in [6, 6.07) is 1.96. The highest BCUT2D eigenvalue weighted by molar-refractivity contribution is 6.33. The van der Waals surface area contributed by atoms with Gasteiger partial charge in [-0.05, 0) is 18.9 Å².